The van der Waals surface area contributed by atoms with Crippen LogP contribution in [0.1, 0.15) is 35.9 Å². The Bertz CT molecular complexity index is 954. The lowest BCUT2D eigenvalue weighted by molar-refractivity contribution is -0.120. The number of nitrogens with zero attached hydrogens (tertiary/aromatic N) is 2. The predicted octanol–water partition coefficient (Wildman–Crippen LogP) is 2.77. The molecule has 27 heavy (non-hydrogen) atoms. The number of sulfonamides is 1. The van der Waals surface area contributed by atoms with E-state index in [1.165, 1.54) is 11.2 Å². The summed E-state index contributed by atoms with van der Waals surface area (Å²) in [5.41, 5.74) is 1.31. The number of amides is 1. The van der Waals surface area contributed by atoms with Crippen LogP contribution in [0.5, 0.6) is 0 Å². The number of carbonyl (C=O) groups is 2. The number of rotatable bonds is 5. The predicted molar refractivity (Wildman–Crippen MR) is 105 cm³/mol. The molecule has 3 rings (SSSR count). The summed E-state index contributed by atoms with van der Waals surface area (Å²) in [4.78, 5) is 29.6. The fourth-order valence-corrected chi connectivity index (χ4v) is 5.17. The van der Waals surface area contributed by atoms with E-state index in [1.54, 1.807) is 0 Å². The molecule has 0 unspecified atom stereocenters. The van der Waals surface area contributed by atoms with Crippen LogP contribution in [0.3, 0.4) is 0 Å². The molecule has 0 radical (unpaired) electrons. The Morgan fingerprint density at radius 2 is 1.93 bits per heavy atom. The van der Waals surface area contributed by atoms with Gasteiger partial charge in [0.15, 0.2) is 10.9 Å². The molecule has 1 amide bonds. The number of hydrogen-bond acceptors (Lipinski definition) is 6. The van der Waals surface area contributed by atoms with E-state index in [-0.39, 0.29) is 5.78 Å². The number of ketones is 1. The molecule has 1 aliphatic rings. The van der Waals surface area contributed by atoms with Gasteiger partial charge in [-0.25, -0.2) is 13.4 Å². The fourth-order valence-electron chi connectivity index (χ4n) is 3.16. The molecule has 2 aromatic rings. The molecular formula is C18H21N3O4S2. The van der Waals surface area contributed by atoms with Crippen molar-refractivity contribution >= 4 is 38.2 Å². The molecule has 1 saturated heterocycles. The third-order valence-electron chi connectivity index (χ3n) is 4.41. The van der Waals surface area contributed by atoms with E-state index in [9.17, 15) is 18.0 Å². The van der Waals surface area contributed by atoms with Gasteiger partial charge < -0.3 is 5.32 Å². The molecule has 1 aromatic heterocycles. The van der Waals surface area contributed by atoms with E-state index in [0.717, 1.165) is 36.0 Å². The van der Waals surface area contributed by atoms with Gasteiger partial charge in [-0.3, -0.25) is 9.59 Å². The van der Waals surface area contributed by atoms with Crippen molar-refractivity contribution in [3.8, 4) is 11.3 Å². The van der Waals surface area contributed by atoms with Crippen molar-refractivity contribution in [2.75, 3.05) is 18.1 Å². The Balaban J connectivity index is 1.87. The lowest BCUT2D eigenvalue weighted by Crippen LogP contribution is -2.49. The van der Waals surface area contributed by atoms with Crippen LogP contribution in [-0.4, -0.2) is 48.2 Å². The fraction of sp³-hybridized carbons (Fsp3) is 0.389. The van der Waals surface area contributed by atoms with Gasteiger partial charge in [0.05, 0.1) is 16.8 Å². The van der Waals surface area contributed by atoms with Crippen molar-refractivity contribution in [1.82, 2.24) is 9.29 Å². The van der Waals surface area contributed by atoms with Crippen LogP contribution < -0.4 is 5.32 Å². The molecule has 2 heterocycles. The molecule has 1 N–H and O–H groups in total. The van der Waals surface area contributed by atoms with Crippen molar-refractivity contribution in [3.63, 3.8) is 0 Å². The highest BCUT2D eigenvalue weighted by atomic mass is 32.2. The lowest BCUT2D eigenvalue weighted by atomic mass is 10.0. The summed E-state index contributed by atoms with van der Waals surface area (Å²) in [6.45, 7) is 1.79. The van der Waals surface area contributed by atoms with Crippen molar-refractivity contribution in [1.29, 1.82) is 0 Å². The highest BCUT2D eigenvalue weighted by molar-refractivity contribution is 7.88. The summed E-state index contributed by atoms with van der Waals surface area (Å²) in [7, 11) is -3.47. The summed E-state index contributed by atoms with van der Waals surface area (Å²) in [6.07, 6.45) is 3.11. The lowest BCUT2D eigenvalue weighted by Gasteiger charge is -2.32. The second-order valence-corrected chi connectivity index (χ2v) is 9.43. The van der Waals surface area contributed by atoms with Crippen molar-refractivity contribution < 1.29 is 18.0 Å². The minimum Gasteiger partial charge on any atom is -0.301 e. The van der Waals surface area contributed by atoms with Crippen LogP contribution in [0, 0.1) is 0 Å². The van der Waals surface area contributed by atoms with Gasteiger partial charge in [0.1, 0.15) is 6.04 Å². The number of thiazole rings is 1. The first kappa shape index (κ1) is 19.7. The second kappa shape index (κ2) is 7.87. The first-order valence-electron chi connectivity index (χ1n) is 8.62. The standard InChI is InChI=1S/C18H21N3O4S2/c1-12(22)16-15(13-8-4-3-5-9-13)19-18(26-16)20-17(23)14-10-6-7-11-21(14)27(2,24)25/h3-5,8-9,14H,6-7,10-11H2,1-2H3,(H,19,20,23)/t14-/m1/s1. The van der Waals surface area contributed by atoms with E-state index in [2.05, 4.69) is 10.3 Å². The SMILES string of the molecule is CC(=O)c1sc(NC(=O)[C@H]2CCCCN2S(C)(=O)=O)nc1-c1ccccc1. The van der Waals surface area contributed by atoms with Gasteiger partial charge in [0, 0.05) is 19.0 Å². The van der Waals surface area contributed by atoms with Gasteiger partial charge in [-0.2, -0.15) is 4.31 Å². The Morgan fingerprint density at radius 3 is 2.56 bits per heavy atom. The van der Waals surface area contributed by atoms with Crippen LogP contribution in [0.25, 0.3) is 11.3 Å². The van der Waals surface area contributed by atoms with Crippen LogP contribution in [-0.2, 0) is 14.8 Å². The number of nitrogens with one attached hydrogen (secondary N) is 1. The molecule has 0 aliphatic carbocycles. The largest absolute Gasteiger partial charge is 0.301 e. The van der Waals surface area contributed by atoms with Crippen molar-refractivity contribution in [2.24, 2.45) is 0 Å². The van der Waals surface area contributed by atoms with E-state index in [0.29, 0.717) is 28.7 Å². The van der Waals surface area contributed by atoms with E-state index in [1.807, 2.05) is 30.3 Å². The molecule has 7 nitrogen and oxygen atoms in total. The topological polar surface area (TPSA) is 96.4 Å². The summed E-state index contributed by atoms with van der Waals surface area (Å²) < 4.78 is 25.2. The number of anilines is 1. The van der Waals surface area contributed by atoms with Crippen LogP contribution >= 0.6 is 11.3 Å². The van der Waals surface area contributed by atoms with Gasteiger partial charge >= 0.3 is 0 Å². The quantitative estimate of drug-likeness (QED) is 0.769. The minimum atomic E-state index is -3.47. The third-order valence-corrected chi connectivity index (χ3v) is 6.77. The number of piperidine rings is 1. The van der Waals surface area contributed by atoms with Crippen LogP contribution in [0.4, 0.5) is 5.13 Å². The van der Waals surface area contributed by atoms with E-state index in [4.69, 9.17) is 0 Å². The number of hydrogen-bond donors (Lipinski definition) is 1. The molecule has 9 heteroatoms. The summed E-state index contributed by atoms with van der Waals surface area (Å²) >= 11 is 1.10. The van der Waals surface area contributed by atoms with Gasteiger partial charge in [0.2, 0.25) is 15.9 Å². The number of aromatic nitrogens is 1. The Morgan fingerprint density at radius 1 is 1.22 bits per heavy atom. The van der Waals surface area contributed by atoms with Crippen LogP contribution in [0.2, 0.25) is 0 Å². The number of benzene rings is 1. The van der Waals surface area contributed by atoms with Gasteiger partial charge in [-0.1, -0.05) is 48.1 Å². The monoisotopic (exact) mass is 407 g/mol. The molecule has 144 valence electrons. The third kappa shape index (κ3) is 4.42. The number of Topliss-reactive ketones (excluding diaryl/α,β-unsaturated/α-hetero) is 1. The van der Waals surface area contributed by atoms with Gasteiger partial charge in [0.25, 0.3) is 0 Å². The first-order valence-corrected chi connectivity index (χ1v) is 11.3. The molecule has 1 atom stereocenters. The summed E-state index contributed by atoms with van der Waals surface area (Å²) in [5.74, 6) is -0.550. The maximum atomic E-state index is 12.7. The Hall–Kier alpha value is -2.10. The van der Waals surface area contributed by atoms with E-state index < -0.39 is 22.0 Å². The Labute approximate surface area is 162 Å². The molecule has 0 saturated carbocycles. The first-order chi connectivity index (χ1) is 12.8. The summed E-state index contributed by atoms with van der Waals surface area (Å²) in [5, 5.41) is 3.00. The average molecular weight is 408 g/mol. The van der Waals surface area contributed by atoms with Crippen LogP contribution in [0.15, 0.2) is 30.3 Å². The summed E-state index contributed by atoms with van der Waals surface area (Å²) in [6, 6.07) is 8.51. The molecule has 1 fully saturated rings. The maximum absolute atomic E-state index is 12.7. The minimum absolute atomic E-state index is 0.137. The zero-order valence-electron chi connectivity index (χ0n) is 15.1. The normalized spacial score (nSPS) is 18.2. The average Bonchev–Trinajstić information content (AvgIpc) is 3.06. The number of carbonyl (C=O) groups excluding carboxylic acids is 2. The zero-order chi connectivity index (χ0) is 19.6. The van der Waals surface area contributed by atoms with Crippen molar-refractivity contribution in [2.45, 2.75) is 32.2 Å². The molecule has 0 bridgehead atoms. The highest BCUT2D eigenvalue weighted by Gasteiger charge is 2.35. The van der Waals surface area contributed by atoms with Gasteiger partial charge in [-0.05, 0) is 12.8 Å². The highest BCUT2D eigenvalue weighted by Crippen LogP contribution is 2.32. The molecule has 1 aliphatic heterocycles. The second-order valence-electron chi connectivity index (χ2n) is 6.49. The van der Waals surface area contributed by atoms with Gasteiger partial charge in [-0.15, -0.1) is 0 Å². The maximum Gasteiger partial charge on any atom is 0.244 e. The smallest absolute Gasteiger partial charge is 0.244 e. The molecular weight excluding hydrogens is 386 g/mol. The Kier molecular flexibility index (Phi) is 5.73. The van der Waals surface area contributed by atoms with Crippen molar-refractivity contribution in [3.05, 3.63) is 35.2 Å². The molecule has 1 aromatic carbocycles. The van der Waals surface area contributed by atoms with E-state index >= 15 is 0 Å². The zero-order valence-corrected chi connectivity index (χ0v) is 16.8. The molecule has 0 spiro atoms.